The van der Waals surface area contributed by atoms with Crippen LogP contribution in [0.5, 0.6) is 0 Å². The van der Waals surface area contributed by atoms with Gasteiger partial charge in [0.2, 0.25) is 0 Å². The van der Waals surface area contributed by atoms with Crippen molar-refractivity contribution in [2.75, 3.05) is 13.2 Å². The van der Waals surface area contributed by atoms with Gasteiger partial charge in [-0.05, 0) is 35.3 Å². The molecule has 108 valence electrons. The minimum Gasteiger partial charge on any atom is -0.460 e. The van der Waals surface area contributed by atoms with Crippen molar-refractivity contribution in [2.45, 2.75) is 18.9 Å². The molecular weight excluding hydrogens is 264 g/mol. The SMILES string of the molecule is O=C(/C=C/c1cccc2ccccc12)OCC1CCCO1. The summed E-state index contributed by atoms with van der Waals surface area (Å²) in [6, 6.07) is 14.1. The van der Waals surface area contributed by atoms with Gasteiger partial charge in [-0.1, -0.05) is 42.5 Å². The second kappa shape index (κ2) is 6.55. The third-order valence-corrected chi connectivity index (χ3v) is 3.66. The van der Waals surface area contributed by atoms with Crippen LogP contribution in [0, 0.1) is 0 Å². The maximum Gasteiger partial charge on any atom is 0.330 e. The first-order chi connectivity index (χ1) is 10.3. The molecule has 3 rings (SSSR count). The van der Waals surface area contributed by atoms with Crippen LogP contribution in [0.2, 0.25) is 0 Å². The van der Waals surface area contributed by atoms with E-state index in [4.69, 9.17) is 9.47 Å². The lowest BCUT2D eigenvalue weighted by atomic mass is 10.0. The highest BCUT2D eigenvalue weighted by molar-refractivity contribution is 5.94. The number of carbonyl (C=O) groups excluding carboxylic acids is 1. The van der Waals surface area contributed by atoms with E-state index in [0.29, 0.717) is 6.61 Å². The Labute approximate surface area is 124 Å². The van der Waals surface area contributed by atoms with Crippen LogP contribution in [-0.4, -0.2) is 25.3 Å². The smallest absolute Gasteiger partial charge is 0.330 e. The molecule has 1 atom stereocenters. The summed E-state index contributed by atoms with van der Waals surface area (Å²) in [7, 11) is 0. The van der Waals surface area contributed by atoms with E-state index in [1.807, 2.05) is 30.3 Å². The molecule has 0 amide bonds. The van der Waals surface area contributed by atoms with Gasteiger partial charge in [-0.25, -0.2) is 4.79 Å². The highest BCUT2D eigenvalue weighted by Crippen LogP contribution is 2.19. The molecule has 0 spiro atoms. The van der Waals surface area contributed by atoms with Crippen LogP contribution < -0.4 is 0 Å². The van der Waals surface area contributed by atoms with Gasteiger partial charge < -0.3 is 9.47 Å². The number of rotatable bonds is 4. The van der Waals surface area contributed by atoms with Crippen molar-refractivity contribution >= 4 is 22.8 Å². The highest BCUT2D eigenvalue weighted by Gasteiger charge is 2.16. The summed E-state index contributed by atoms with van der Waals surface area (Å²) in [5.74, 6) is -0.321. The largest absolute Gasteiger partial charge is 0.460 e. The number of esters is 1. The van der Waals surface area contributed by atoms with Crippen molar-refractivity contribution < 1.29 is 14.3 Å². The quantitative estimate of drug-likeness (QED) is 0.635. The van der Waals surface area contributed by atoms with Gasteiger partial charge in [-0.3, -0.25) is 0 Å². The van der Waals surface area contributed by atoms with E-state index >= 15 is 0 Å². The standard InChI is InChI=1S/C18H18O3/c19-18(21-13-16-8-4-12-20-16)11-10-15-7-3-6-14-5-1-2-9-17(14)15/h1-3,5-7,9-11,16H,4,8,12-13H2/b11-10+. The fraction of sp³-hybridized carbons (Fsp3) is 0.278. The molecule has 21 heavy (non-hydrogen) atoms. The van der Waals surface area contributed by atoms with Crippen LogP contribution in [0.4, 0.5) is 0 Å². The van der Waals surface area contributed by atoms with Gasteiger partial charge in [0.25, 0.3) is 0 Å². The summed E-state index contributed by atoms with van der Waals surface area (Å²) < 4.78 is 10.6. The van der Waals surface area contributed by atoms with E-state index in [2.05, 4.69) is 12.1 Å². The second-order valence-electron chi connectivity index (χ2n) is 5.17. The van der Waals surface area contributed by atoms with Crippen LogP contribution in [0.1, 0.15) is 18.4 Å². The molecule has 0 saturated carbocycles. The Balaban J connectivity index is 1.65. The monoisotopic (exact) mass is 282 g/mol. The average Bonchev–Trinajstić information content (AvgIpc) is 3.04. The molecule has 0 radical (unpaired) electrons. The fourth-order valence-electron chi connectivity index (χ4n) is 2.55. The maximum atomic E-state index is 11.7. The van der Waals surface area contributed by atoms with Crippen molar-refractivity contribution in [3.63, 3.8) is 0 Å². The predicted octanol–water partition coefficient (Wildman–Crippen LogP) is 3.58. The zero-order valence-corrected chi connectivity index (χ0v) is 11.8. The van der Waals surface area contributed by atoms with Crippen LogP contribution >= 0.6 is 0 Å². The first kappa shape index (κ1) is 13.8. The van der Waals surface area contributed by atoms with Crippen LogP contribution in [0.25, 0.3) is 16.8 Å². The molecule has 2 aromatic carbocycles. The summed E-state index contributed by atoms with van der Waals surface area (Å²) in [6.07, 6.45) is 5.38. The molecule has 3 heteroatoms. The van der Waals surface area contributed by atoms with E-state index < -0.39 is 0 Å². The van der Waals surface area contributed by atoms with Crippen molar-refractivity contribution in [1.82, 2.24) is 0 Å². The zero-order valence-electron chi connectivity index (χ0n) is 11.8. The molecular formula is C18H18O3. The van der Waals surface area contributed by atoms with Crippen molar-refractivity contribution in [3.8, 4) is 0 Å². The van der Waals surface area contributed by atoms with Gasteiger partial charge in [0.1, 0.15) is 6.61 Å². The average molecular weight is 282 g/mol. The Hall–Kier alpha value is -2.13. The molecule has 2 aromatic rings. The first-order valence-electron chi connectivity index (χ1n) is 7.27. The van der Waals surface area contributed by atoms with Gasteiger partial charge in [0.15, 0.2) is 0 Å². The normalized spacial score (nSPS) is 18.4. The fourth-order valence-corrected chi connectivity index (χ4v) is 2.55. The summed E-state index contributed by atoms with van der Waals surface area (Å²) in [5.41, 5.74) is 1.02. The third-order valence-electron chi connectivity index (χ3n) is 3.66. The molecule has 1 saturated heterocycles. The van der Waals surface area contributed by atoms with Crippen molar-refractivity contribution in [1.29, 1.82) is 0 Å². The van der Waals surface area contributed by atoms with E-state index in [1.165, 1.54) is 6.08 Å². The maximum absolute atomic E-state index is 11.7. The predicted molar refractivity (Wildman–Crippen MR) is 82.9 cm³/mol. The topological polar surface area (TPSA) is 35.5 Å². The zero-order chi connectivity index (χ0) is 14.5. The number of hydrogen-bond acceptors (Lipinski definition) is 3. The van der Waals surface area contributed by atoms with E-state index in [0.717, 1.165) is 35.8 Å². The van der Waals surface area contributed by atoms with Gasteiger partial charge in [0.05, 0.1) is 6.10 Å². The van der Waals surface area contributed by atoms with Crippen molar-refractivity contribution in [3.05, 3.63) is 54.1 Å². The molecule has 1 heterocycles. The Morgan fingerprint density at radius 1 is 1.24 bits per heavy atom. The second-order valence-corrected chi connectivity index (χ2v) is 5.17. The molecule has 1 aliphatic rings. The minimum absolute atomic E-state index is 0.0694. The Kier molecular flexibility index (Phi) is 4.31. The van der Waals surface area contributed by atoms with Crippen LogP contribution in [0.3, 0.4) is 0 Å². The van der Waals surface area contributed by atoms with Crippen LogP contribution in [-0.2, 0) is 14.3 Å². The first-order valence-corrected chi connectivity index (χ1v) is 7.27. The van der Waals surface area contributed by atoms with Crippen LogP contribution in [0.15, 0.2) is 48.5 Å². The number of ether oxygens (including phenoxy) is 2. The highest BCUT2D eigenvalue weighted by atomic mass is 16.6. The molecule has 1 fully saturated rings. The molecule has 0 aliphatic carbocycles. The minimum atomic E-state index is -0.321. The number of benzene rings is 2. The third kappa shape index (κ3) is 3.50. The summed E-state index contributed by atoms with van der Waals surface area (Å²) in [6.45, 7) is 1.12. The van der Waals surface area contributed by atoms with Gasteiger partial charge in [-0.2, -0.15) is 0 Å². The summed E-state index contributed by atoms with van der Waals surface area (Å²) in [5, 5.41) is 2.29. The molecule has 0 N–H and O–H groups in total. The Bertz CT molecular complexity index is 649. The van der Waals surface area contributed by atoms with Crippen molar-refractivity contribution in [2.24, 2.45) is 0 Å². The Morgan fingerprint density at radius 2 is 2.10 bits per heavy atom. The molecule has 1 unspecified atom stereocenters. The van der Waals surface area contributed by atoms with E-state index in [1.54, 1.807) is 6.08 Å². The lowest BCUT2D eigenvalue weighted by Gasteiger charge is -2.08. The molecule has 0 bridgehead atoms. The lowest BCUT2D eigenvalue weighted by Crippen LogP contribution is -2.16. The number of fused-ring (bicyclic) bond motifs is 1. The summed E-state index contributed by atoms with van der Waals surface area (Å²) in [4.78, 5) is 11.7. The van der Waals surface area contributed by atoms with Gasteiger partial charge >= 0.3 is 5.97 Å². The molecule has 1 aliphatic heterocycles. The lowest BCUT2D eigenvalue weighted by molar-refractivity contribution is -0.140. The summed E-state index contributed by atoms with van der Waals surface area (Å²) >= 11 is 0. The number of carbonyl (C=O) groups is 1. The van der Waals surface area contributed by atoms with Gasteiger partial charge in [0, 0.05) is 12.7 Å². The van der Waals surface area contributed by atoms with E-state index in [9.17, 15) is 4.79 Å². The Morgan fingerprint density at radius 3 is 2.95 bits per heavy atom. The molecule has 3 nitrogen and oxygen atoms in total. The van der Waals surface area contributed by atoms with E-state index in [-0.39, 0.29) is 12.1 Å². The molecule has 0 aromatic heterocycles. The number of hydrogen-bond donors (Lipinski definition) is 0. The van der Waals surface area contributed by atoms with Gasteiger partial charge in [-0.15, -0.1) is 0 Å².